The van der Waals surface area contributed by atoms with E-state index in [9.17, 15) is 0 Å². The van der Waals surface area contributed by atoms with E-state index in [1.807, 2.05) is 0 Å². The van der Waals surface area contributed by atoms with E-state index >= 15 is 0 Å². The molecule has 0 aromatic heterocycles. The van der Waals surface area contributed by atoms with Crippen molar-refractivity contribution in [3.8, 4) is 0 Å². The Labute approximate surface area is 176 Å². The third kappa shape index (κ3) is 6.04. The molecule has 1 unspecified atom stereocenters. The molecule has 160 valence electrons. The fraction of sp³-hybridized carbons (Fsp3) is 0.818. The number of nitrogens with zero attached hydrogens (tertiary/aromatic N) is 2. The van der Waals surface area contributed by atoms with Crippen LogP contribution in [0.15, 0.2) is 22.8 Å². The summed E-state index contributed by atoms with van der Waals surface area (Å²) in [5.74, 6) is 1.32. The van der Waals surface area contributed by atoms with Crippen LogP contribution in [0.5, 0.6) is 0 Å². The first kappa shape index (κ1) is 22.3. The highest BCUT2D eigenvalue weighted by Crippen LogP contribution is 2.42. The van der Waals surface area contributed by atoms with E-state index in [0.717, 1.165) is 50.6 Å². The van der Waals surface area contributed by atoms with Gasteiger partial charge in [-0.15, -0.1) is 0 Å². The van der Waals surface area contributed by atoms with Crippen molar-refractivity contribution in [3.63, 3.8) is 0 Å². The van der Waals surface area contributed by atoms with Crippen LogP contribution < -0.4 is 16.3 Å². The molecule has 2 fully saturated rings. The number of halogens is 1. The predicted octanol–water partition coefficient (Wildman–Crippen LogP) is 3.12. The molecule has 2 heterocycles. The van der Waals surface area contributed by atoms with Crippen LogP contribution in [0.1, 0.15) is 47.0 Å². The second-order valence-electron chi connectivity index (χ2n) is 9.75. The number of rotatable bonds is 8. The zero-order valence-corrected chi connectivity index (χ0v) is 19.0. The van der Waals surface area contributed by atoms with Crippen molar-refractivity contribution in [1.29, 1.82) is 0 Å². The van der Waals surface area contributed by atoms with Gasteiger partial charge in [-0.25, -0.2) is 10.4 Å². The number of likely N-dealkylation sites (tertiary alicyclic amines) is 1. The maximum atomic E-state index is 6.18. The van der Waals surface area contributed by atoms with Crippen LogP contribution in [-0.2, 0) is 0 Å². The average molecular weight is 410 g/mol. The highest BCUT2D eigenvalue weighted by atomic mass is 35.5. The molecule has 0 aromatic carbocycles. The molecule has 3 aliphatic rings. The Morgan fingerprint density at radius 1 is 1.25 bits per heavy atom. The van der Waals surface area contributed by atoms with Gasteiger partial charge in [0.1, 0.15) is 0 Å². The second kappa shape index (κ2) is 10.1. The van der Waals surface area contributed by atoms with Gasteiger partial charge in [0.2, 0.25) is 0 Å². The molecule has 6 heteroatoms. The topological polar surface area (TPSA) is 42.6 Å². The third-order valence-corrected chi connectivity index (χ3v) is 6.99. The Hall–Kier alpha value is -0.430. The summed E-state index contributed by atoms with van der Waals surface area (Å²) in [6.45, 7) is 17.3. The lowest BCUT2D eigenvalue weighted by Gasteiger charge is -2.47. The van der Waals surface area contributed by atoms with Crippen molar-refractivity contribution in [2.45, 2.75) is 53.0 Å². The van der Waals surface area contributed by atoms with Gasteiger partial charge in [-0.2, -0.15) is 5.53 Å². The number of hydrazine groups is 2. The Morgan fingerprint density at radius 2 is 2.07 bits per heavy atom. The molecular weight excluding hydrogens is 370 g/mol. The molecule has 0 spiro atoms. The minimum Gasteiger partial charge on any atom is -0.311 e. The Morgan fingerprint density at radius 3 is 2.68 bits per heavy atom. The van der Waals surface area contributed by atoms with Crippen molar-refractivity contribution in [1.82, 2.24) is 26.2 Å². The maximum absolute atomic E-state index is 6.18. The molecule has 2 saturated heterocycles. The van der Waals surface area contributed by atoms with Crippen LogP contribution in [0.2, 0.25) is 0 Å². The number of piperidine rings is 1. The van der Waals surface area contributed by atoms with Crippen molar-refractivity contribution < 1.29 is 0 Å². The minimum atomic E-state index is 0.314. The van der Waals surface area contributed by atoms with Crippen LogP contribution in [0.3, 0.4) is 0 Å². The maximum Gasteiger partial charge on any atom is 0.0284 e. The van der Waals surface area contributed by atoms with Crippen molar-refractivity contribution in [2.75, 3.05) is 45.8 Å². The van der Waals surface area contributed by atoms with Crippen molar-refractivity contribution >= 4 is 11.6 Å². The van der Waals surface area contributed by atoms with Crippen LogP contribution in [0, 0.1) is 17.3 Å². The summed E-state index contributed by atoms with van der Waals surface area (Å²) in [7, 11) is 0. The molecule has 5 nitrogen and oxygen atoms in total. The van der Waals surface area contributed by atoms with Gasteiger partial charge in [0.05, 0.1) is 0 Å². The molecule has 2 aliphatic heterocycles. The third-order valence-electron chi connectivity index (χ3n) is 6.68. The van der Waals surface area contributed by atoms with Gasteiger partial charge in [-0.3, -0.25) is 0 Å². The van der Waals surface area contributed by atoms with Gasteiger partial charge < -0.3 is 10.2 Å². The molecule has 3 rings (SSSR count). The van der Waals surface area contributed by atoms with Gasteiger partial charge in [0.15, 0.2) is 0 Å². The van der Waals surface area contributed by atoms with Crippen molar-refractivity contribution in [2.24, 2.45) is 17.3 Å². The van der Waals surface area contributed by atoms with Crippen LogP contribution in [0.4, 0.5) is 0 Å². The lowest BCUT2D eigenvalue weighted by molar-refractivity contribution is 0.0600. The van der Waals surface area contributed by atoms with E-state index in [2.05, 4.69) is 66.0 Å². The second-order valence-corrected chi connectivity index (χ2v) is 10.2. The Balaban J connectivity index is 1.50. The lowest BCUT2D eigenvalue weighted by atomic mass is 9.68. The summed E-state index contributed by atoms with van der Waals surface area (Å²) in [5, 5.41) is 7.07. The molecule has 3 N–H and O–H groups in total. The smallest absolute Gasteiger partial charge is 0.0284 e. The van der Waals surface area contributed by atoms with Crippen LogP contribution >= 0.6 is 11.6 Å². The SMILES string of the molecule is CC(C)[C@H](CN1CCC(C2=CC=C(Cl)CC2)C(C)(C)C1)NCCN1CCNN1. The fourth-order valence-corrected chi connectivity index (χ4v) is 5.14. The molecule has 0 saturated carbocycles. The molecule has 1 aliphatic carbocycles. The van der Waals surface area contributed by atoms with E-state index in [-0.39, 0.29) is 0 Å². The Bertz CT molecular complexity index is 565. The minimum absolute atomic E-state index is 0.314. The highest BCUT2D eigenvalue weighted by molar-refractivity contribution is 6.29. The molecule has 0 aromatic rings. The van der Waals surface area contributed by atoms with Gasteiger partial charge in [0.25, 0.3) is 0 Å². The van der Waals surface area contributed by atoms with E-state index in [1.165, 1.54) is 19.5 Å². The summed E-state index contributed by atoms with van der Waals surface area (Å²) in [6.07, 6.45) is 7.84. The number of hydrogen-bond acceptors (Lipinski definition) is 5. The average Bonchev–Trinajstić information content (AvgIpc) is 3.14. The Kier molecular flexibility index (Phi) is 7.99. The predicted molar refractivity (Wildman–Crippen MR) is 119 cm³/mol. The monoisotopic (exact) mass is 409 g/mol. The standard InChI is InChI=1S/C22H40ClN5/c1-17(2)21(24-10-13-28-14-11-25-26-28)15-27-12-9-20(22(3,4)16-27)18-5-7-19(23)8-6-18/h5,7,17,20-21,24-26H,6,8-16H2,1-4H3/t20?,21-/m0/s1. The van der Waals surface area contributed by atoms with Gasteiger partial charge >= 0.3 is 0 Å². The summed E-state index contributed by atoms with van der Waals surface area (Å²) in [6, 6.07) is 0.540. The first-order chi connectivity index (χ1) is 13.3. The number of allylic oxidation sites excluding steroid dienone is 4. The fourth-order valence-electron chi connectivity index (χ4n) is 4.99. The van der Waals surface area contributed by atoms with Crippen molar-refractivity contribution in [3.05, 3.63) is 22.8 Å². The molecule has 0 radical (unpaired) electrons. The summed E-state index contributed by atoms with van der Waals surface area (Å²) in [5.41, 5.74) is 8.30. The highest BCUT2D eigenvalue weighted by Gasteiger charge is 2.38. The van der Waals surface area contributed by atoms with Gasteiger partial charge in [0, 0.05) is 50.3 Å². The van der Waals surface area contributed by atoms with E-state index < -0.39 is 0 Å². The van der Waals surface area contributed by atoms with E-state index in [4.69, 9.17) is 11.6 Å². The van der Waals surface area contributed by atoms with Crippen LogP contribution in [-0.4, -0.2) is 61.8 Å². The van der Waals surface area contributed by atoms with Gasteiger partial charge in [-0.1, -0.05) is 50.9 Å². The zero-order valence-electron chi connectivity index (χ0n) is 18.2. The summed E-state index contributed by atoms with van der Waals surface area (Å²) >= 11 is 6.18. The van der Waals surface area contributed by atoms with E-state index in [0.29, 0.717) is 23.3 Å². The number of nitrogens with one attached hydrogen (secondary N) is 3. The molecular formula is C22H40ClN5. The zero-order chi connectivity index (χ0) is 20.1. The first-order valence-corrected chi connectivity index (χ1v) is 11.5. The first-order valence-electron chi connectivity index (χ1n) is 11.1. The normalized spacial score (nSPS) is 27.7. The number of hydrogen-bond donors (Lipinski definition) is 3. The molecule has 0 bridgehead atoms. The van der Waals surface area contributed by atoms with Crippen LogP contribution in [0.25, 0.3) is 0 Å². The lowest BCUT2D eigenvalue weighted by Crippen LogP contribution is -2.53. The van der Waals surface area contributed by atoms with Gasteiger partial charge in [-0.05, 0) is 49.1 Å². The summed E-state index contributed by atoms with van der Waals surface area (Å²) in [4.78, 5) is 2.69. The molecule has 0 amide bonds. The summed E-state index contributed by atoms with van der Waals surface area (Å²) < 4.78 is 0. The quantitative estimate of drug-likeness (QED) is 0.574. The van der Waals surface area contributed by atoms with E-state index in [1.54, 1.807) is 5.57 Å². The molecule has 28 heavy (non-hydrogen) atoms. The molecule has 2 atom stereocenters. The largest absolute Gasteiger partial charge is 0.311 e.